The Morgan fingerprint density at radius 3 is 2.62 bits per heavy atom. The van der Waals surface area contributed by atoms with Crippen molar-refractivity contribution in [3.05, 3.63) is 60.2 Å². The molecule has 3 aliphatic rings. The van der Waals surface area contributed by atoms with E-state index in [1.807, 2.05) is 24.3 Å². The van der Waals surface area contributed by atoms with E-state index in [1.165, 1.54) is 18.2 Å². The number of ketones is 1. The van der Waals surface area contributed by atoms with Gasteiger partial charge in [-0.1, -0.05) is 25.1 Å². The molecule has 0 saturated heterocycles. The Bertz CT molecular complexity index is 857. The van der Waals surface area contributed by atoms with Gasteiger partial charge in [-0.25, -0.2) is 4.79 Å². The minimum atomic E-state index is -0.313. The maximum absolute atomic E-state index is 13.7. The van der Waals surface area contributed by atoms with Crippen LogP contribution in [0.2, 0.25) is 0 Å². The zero-order chi connectivity index (χ0) is 20.8. The lowest BCUT2D eigenvalue weighted by molar-refractivity contribution is -0.135. The summed E-state index contributed by atoms with van der Waals surface area (Å²) in [5.41, 5.74) is 2.76. The summed E-state index contributed by atoms with van der Waals surface area (Å²) < 4.78 is 4.89. The van der Waals surface area contributed by atoms with Crippen molar-refractivity contribution >= 4 is 11.8 Å². The summed E-state index contributed by atoms with van der Waals surface area (Å²) in [6.07, 6.45) is 10.4. The maximum Gasteiger partial charge on any atom is 0.337 e. The number of carbonyl (C=O) groups excluding carboxylic acids is 2. The van der Waals surface area contributed by atoms with Crippen LogP contribution in [-0.4, -0.2) is 18.9 Å². The molecule has 0 aromatic heterocycles. The quantitative estimate of drug-likeness (QED) is 0.481. The van der Waals surface area contributed by atoms with Gasteiger partial charge in [-0.15, -0.1) is 13.2 Å². The molecule has 1 aromatic rings. The van der Waals surface area contributed by atoms with Crippen molar-refractivity contribution in [2.75, 3.05) is 7.11 Å². The molecule has 0 aliphatic heterocycles. The minimum Gasteiger partial charge on any atom is -0.465 e. The smallest absolute Gasteiger partial charge is 0.337 e. The van der Waals surface area contributed by atoms with E-state index in [9.17, 15) is 9.59 Å². The number of ether oxygens (including phenoxy) is 1. The van der Waals surface area contributed by atoms with Crippen molar-refractivity contribution < 1.29 is 14.3 Å². The van der Waals surface area contributed by atoms with Crippen LogP contribution in [0.4, 0.5) is 0 Å². The average Bonchev–Trinajstić information content (AvgIpc) is 2.95. The van der Waals surface area contributed by atoms with E-state index in [0.717, 1.165) is 44.9 Å². The van der Waals surface area contributed by atoms with Crippen LogP contribution in [0.25, 0.3) is 0 Å². The Labute approximate surface area is 174 Å². The number of hydrogen-bond donors (Lipinski definition) is 0. The number of allylic oxidation sites excluding steroid dienone is 2. The molecule has 4 rings (SSSR count). The predicted octanol–water partition coefficient (Wildman–Crippen LogP) is 5.65. The van der Waals surface area contributed by atoms with Crippen LogP contribution in [0.15, 0.2) is 43.5 Å². The Morgan fingerprint density at radius 1 is 1.24 bits per heavy atom. The number of benzene rings is 1. The van der Waals surface area contributed by atoms with Crippen molar-refractivity contribution in [2.45, 2.75) is 57.8 Å². The average molecular weight is 393 g/mol. The van der Waals surface area contributed by atoms with Gasteiger partial charge >= 0.3 is 5.97 Å². The van der Waals surface area contributed by atoms with Crippen LogP contribution in [0.3, 0.4) is 0 Å². The van der Waals surface area contributed by atoms with Crippen LogP contribution in [0.5, 0.6) is 0 Å². The normalized spacial score (nSPS) is 31.9. The summed E-state index contributed by atoms with van der Waals surface area (Å²) >= 11 is 0. The highest BCUT2D eigenvalue weighted by molar-refractivity contribution is 5.93. The number of aryl methyl sites for hydroxylation is 1. The van der Waals surface area contributed by atoms with E-state index in [2.05, 4.69) is 26.1 Å². The van der Waals surface area contributed by atoms with Gasteiger partial charge in [-0.3, -0.25) is 4.79 Å². The molecule has 2 fully saturated rings. The Morgan fingerprint density at radius 2 is 1.97 bits per heavy atom. The van der Waals surface area contributed by atoms with Gasteiger partial charge in [0.25, 0.3) is 0 Å². The number of fused-ring (bicyclic) bond motifs is 5. The van der Waals surface area contributed by atoms with Crippen LogP contribution in [-0.2, 0) is 16.0 Å². The number of Topliss-reactive ketones (excluding diaryl/α,β-unsaturated/α-hetero) is 1. The van der Waals surface area contributed by atoms with Gasteiger partial charge in [-0.05, 0) is 86.0 Å². The Kier molecular flexibility index (Phi) is 5.04. The van der Waals surface area contributed by atoms with Crippen molar-refractivity contribution in [3.8, 4) is 0 Å². The highest BCUT2D eigenvalue weighted by Crippen LogP contribution is 2.65. The Hall–Kier alpha value is -2.16. The maximum atomic E-state index is 13.7. The van der Waals surface area contributed by atoms with E-state index in [0.29, 0.717) is 29.1 Å². The molecular formula is C26H32O3. The van der Waals surface area contributed by atoms with Gasteiger partial charge in [0, 0.05) is 10.8 Å². The molecule has 3 aliphatic carbocycles. The number of methoxy groups -OCH3 is 1. The van der Waals surface area contributed by atoms with Gasteiger partial charge < -0.3 is 4.74 Å². The molecule has 0 spiro atoms. The minimum absolute atomic E-state index is 0.226. The van der Waals surface area contributed by atoms with Crippen molar-refractivity contribution in [3.63, 3.8) is 0 Å². The van der Waals surface area contributed by atoms with Crippen molar-refractivity contribution in [1.82, 2.24) is 0 Å². The summed E-state index contributed by atoms with van der Waals surface area (Å²) in [7, 11) is 1.43. The molecule has 0 unspecified atom stereocenters. The summed E-state index contributed by atoms with van der Waals surface area (Å²) in [6.45, 7) is 10.1. The zero-order valence-electron chi connectivity index (χ0n) is 17.7. The number of hydrogen-bond acceptors (Lipinski definition) is 3. The summed E-state index contributed by atoms with van der Waals surface area (Å²) in [6, 6.07) is 6.06. The van der Waals surface area contributed by atoms with Crippen LogP contribution in [0, 0.1) is 22.7 Å². The lowest BCUT2D eigenvalue weighted by Gasteiger charge is -2.48. The van der Waals surface area contributed by atoms with Crippen molar-refractivity contribution in [2.24, 2.45) is 22.7 Å². The third kappa shape index (κ3) is 2.93. The fourth-order valence-electron chi connectivity index (χ4n) is 6.91. The second-order valence-corrected chi connectivity index (χ2v) is 9.58. The van der Waals surface area contributed by atoms with Crippen molar-refractivity contribution in [1.29, 1.82) is 0 Å². The monoisotopic (exact) mass is 392 g/mol. The first kappa shape index (κ1) is 20.1. The molecular weight excluding hydrogens is 360 g/mol. The zero-order valence-corrected chi connectivity index (χ0v) is 17.7. The fourth-order valence-corrected chi connectivity index (χ4v) is 6.91. The number of rotatable bonds is 5. The van der Waals surface area contributed by atoms with E-state index in [1.54, 1.807) is 0 Å². The largest absolute Gasteiger partial charge is 0.465 e. The van der Waals surface area contributed by atoms with E-state index >= 15 is 0 Å². The third-order valence-electron chi connectivity index (χ3n) is 8.22. The van der Waals surface area contributed by atoms with Crippen LogP contribution >= 0.6 is 0 Å². The van der Waals surface area contributed by atoms with Gasteiger partial charge in [0.15, 0.2) is 0 Å². The molecule has 0 N–H and O–H groups in total. The Balaban J connectivity index is 1.68. The molecule has 4 atom stereocenters. The van der Waals surface area contributed by atoms with Gasteiger partial charge in [0.1, 0.15) is 5.78 Å². The van der Waals surface area contributed by atoms with Crippen LogP contribution in [0.1, 0.15) is 72.9 Å². The molecule has 3 nitrogen and oxygen atoms in total. The molecule has 0 radical (unpaired) electrons. The van der Waals surface area contributed by atoms with Crippen LogP contribution < -0.4 is 0 Å². The van der Waals surface area contributed by atoms with Gasteiger partial charge in [0.2, 0.25) is 0 Å². The molecule has 0 bridgehead atoms. The predicted molar refractivity (Wildman–Crippen MR) is 115 cm³/mol. The standard InChI is InChI=1S/C26H32O3/c1-5-12-26(13-6-2)16-22-21-10-7-17-15-18(23(27)29-4)8-9-19(17)20(21)11-14-25(22,3)24(26)28/h5-6,8-9,15,20-22H,1-2,7,10-14,16H2,3-4H3/t20-,21-,22+,25+/m1/s1. The molecule has 1 aromatic carbocycles. The highest BCUT2D eigenvalue weighted by atomic mass is 16.5. The van der Waals surface area contributed by atoms with E-state index in [-0.39, 0.29) is 16.8 Å². The lowest BCUT2D eigenvalue weighted by Crippen LogP contribution is -2.43. The van der Waals surface area contributed by atoms with Gasteiger partial charge in [0.05, 0.1) is 12.7 Å². The second kappa shape index (κ2) is 7.27. The summed E-state index contributed by atoms with van der Waals surface area (Å²) in [4.78, 5) is 25.6. The molecule has 29 heavy (non-hydrogen) atoms. The molecule has 0 amide bonds. The number of esters is 1. The molecule has 3 heteroatoms. The van der Waals surface area contributed by atoms with Gasteiger partial charge in [-0.2, -0.15) is 0 Å². The number of carbonyl (C=O) groups is 2. The first-order valence-corrected chi connectivity index (χ1v) is 10.9. The summed E-state index contributed by atoms with van der Waals surface area (Å²) in [5, 5.41) is 0. The topological polar surface area (TPSA) is 43.4 Å². The second-order valence-electron chi connectivity index (χ2n) is 9.58. The first-order valence-electron chi connectivity index (χ1n) is 10.9. The molecule has 0 heterocycles. The molecule has 154 valence electrons. The fraction of sp³-hybridized carbons (Fsp3) is 0.538. The first-order chi connectivity index (χ1) is 13.9. The SMILES string of the molecule is C=CCC1(CC=C)C[C@H]2[C@@H]3CCc4cc(C(=O)OC)ccc4[C@H]3CC[C@]2(C)C1=O. The van der Waals surface area contributed by atoms with E-state index in [4.69, 9.17) is 4.74 Å². The highest BCUT2D eigenvalue weighted by Gasteiger charge is 2.62. The summed E-state index contributed by atoms with van der Waals surface area (Å²) in [5.74, 6) is 1.61. The van der Waals surface area contributed by atoms with E-state index < -0.39 is 0 Å². The molecule has 2 saturated carbocycles. The third-order valence-corrected chi connectivity index (χ3v) is 8.22. The lowest BCUT2D eigenvalue weighted by atomic mass is 9.55.